The smallest absolute Gasteiger partial charge is 0.0662 e. The van der Waals surface area contributed by atoms with E-state index < -0.39 is 0 Å². The first-order chi connectivity index (χ1) is 8.70. The van der Waals surface area contributed by atoms with Crippen molar-refractivity contribution >= 4 is 15.9 Å². The van der Waals surface area contributed by atoms with Crippen LogP contribution in [0.15, 0.2) is 34.9 Å². The van der Waals surface area contributed by atoms with Crippen molar-refractivity contribution < 1.29 is 0 Å². The zero-order valence-electron chi connectivity index (χ0n) is 10.8. The van der Waals surface area contributed by atoms with Crippen LogP contribution >= 0.6 is 15.9 Å². The fourth-order valence-electron chi connectivity index (χ4n) is 1.84. The molecule has 0 bridgehead atoms. The van der Waals surface area contributed by atoms with Crippen LogP contribution in [0.1, 0.15) is 23.7 Å². The molecule has 0 aliphatic rings. The molecule has 3 nitrogen and oxygen atoms in total. The molecule has 0 unspecified atom stereocenters. The van der Waals surface area contributed by atoms with Gasteiger partial charge in [0.05, 0.1) is 12.7 Å². The van der Waals surface area contributed by atoms with Crippen LogP contribution in [0, 0.1) is 6.92 Å². The Kier molecular flexibility index (Phi) is 4.55. The van der Waals surface area contributed by atoms with E-state index in [1.165, 1.54) is 16.8 Å². The van der Waals surface area contributed by atoms with Gasteiger partial charge in [-0.3, -0.25) is 4.68 Å². The van der Waals surface area contributed by atoms with Gasteiger partial charge >= 0.3 is 0 Å². The maximum Gasteiger partial charge on any atom is 0.0662 e. The van der Waals surface area contributed by atoms with Crippen LogP contribution in [-0.2, 0) is 13.1 Å². The van der Waals surface area contributed by atoms with E-state index in [1.54, 1.807) is 0 Å². The Morgan fingerprint density at radius 1 is 1.28 bits per heavy atom. The average Bonchev–Trinajstić information content (AvgIpc) is 2.71. The van der Waals surface area contributed by atoms with Gasteiger partial charge in [0.15, 0.2) is 0 Å². The Morgan fingerprint density at radius 3 is 2.67 bits per heavy atom. The predicted octanol–water partition coefficient (Wildman–Crippen LogP) is 3.11. The minimum atomic E-state index is 0.825. The number of benzene rings is 1. The van der Waals surface area contributed by atoms with Crippen molar-refractivity contribution in [3.63, 3.8) is 0 Å². The summed E-state index contributed by atoms with van der Waals surface area (Å²) < 4.78 is 3.16. The van der Waals surface area contributed by atoms with Gasteiger partial charge in [0.1, 0.15) is 0 Å². The highest BCUT2D eigenvalue weighted by atomic mass is 79.9. The van der Waals surface area contributed by atoms with Gasteiger partial charge in [-0.1, -0.05) is 35.0 Å². The largest absolute Gasteiger partial charge is 0.313 e. The van der Waals surface area contributed by atoms with Crippen molar-refractivity contribution in [3.05, 3.63) is 51.8 Å². The average molecular weight is 308 g/mol. The number of halogens is 1. The quantitative estimate of drug-likeness (QED) is 0.920. The second-order valence-corrected chi connectivity index (χ2v) is 5.24. The molecule has 0 aliphatic carbocycles. The minimum absolute atomic E-state index is 0.825. The number of nitrogens with one attached hydrogen (secondary N) is 1. The lowest BCUT2D eigenvalue weighted by molar-refractivity contribution is 0.659. The van der Waals surface area contributed by atoms with Crippen molar-refractivity contribution in [3.8, 4) is 0 Å². The van der Waals surface area contributed by atoms with Gasteiger partial charge in [0.2, 0.25) is 0 Å². The fraction of sp³-hybridized carbons (Fsp3) is 0.357. The van der Waals surface area contributed by atoms with Crippen LogP contribution in [0.3, 0.4) is 0 Å². The molecule has 1 aromatic heterocycles. The Labute approximate surface area is 116 Å². The molecule has 0 saturated carbocycles. The summed E-state index contributed by atoms with van der Waals surface area (Å²) in [6.07, 6.45) is 1.96. The summed E-state index contributed by atoms with van der Waals surface area (Å²) in [4.78, 5) is 0. The number of nitrogens with zero attached hydrogens (tertiary/aromatic N) is 2. The molecule has 0 spiro atoms. The van der Waals surface area contributed by atoms with Gasteiger partial charge < -0.3 is 5.32 Å². The molecule has 1 N–H and O–H groups in total. The molecule has 2 aromatic rings. The molecule has 1 aromatic carbocycles. The molecule has 0 saturated heterocycles. The Balaban J connectivity index is 2.09. The van der Waals surface area contributed by atoms with E-state index in [0.717, 1.165) is 24.1 Å². The van der Waals surface area contributed by atoms with E-state index in [4.69, 9.17) is 0 Å². The lowest BCUT2D eigenvalue weighted by atomic mass is 10.2. The summed E-state index contributed by atoms with van der Waals surface area (Å²) in [5.41, 5.74) is 3.77. The first kappa shape index (κ1) is 13.3. The van der Waals surface area contributed by atoms with Crippen LogP contribution in [0.4, 0.5) is 0 Å². The van der Waals surface area contributed by atoms with E-state index in [1.807, 2.05) is 6.20 Å². The van der Waals surface area contributed by atoms with E-state index in [0.29, 0.717) is 0 Å². The molecule has 2 rings (SSSR count). The molecule has 0 atom stereocenters. The van der Waals surface area contributed by atoms with Crippen LogP contribution < -0.4 is 5.32 Å². The molecule has 0 radical (unpaired) electrons. The van der Waals surface area contributed by atoms with Crippen molar-refractivity contribution in [1.82, 2.24) is 15.1 Å². The zero-order valence-corrected chi connectivity index (χ0v) is 12.4. The maximum atomic E-state index is 4.45. The van der Waals surface area contributed by atoms with Gasteiger partial charge in [-0.15, -0.1) is 0 Å². The third-order valence-corrected chi connectivity index (χ3v) is 3.54. The predicted molar refractivity (Wildman–Crippen MR) is 77.6 cm³/mol. The highest BCUT2D eigenvalue weighted by molar-refractivity contribution is 9.10. The zero-order chi connectivity index (χ0) is 13.0. The molecule has 0 amide bonds. The third kappa shape index (κ3) is 3.21. The first-order valence-corrected chi connectivity index (χ1v) is 6.96. The Hall–Kier alpha value is -1.13. The van der Waals surface area contributed by atoms with E-state index >= 15 is 0 Å². The summed E-state index contributed by atoms with van der Waals surface area (Å²) >= 11 is 3.45. The first-order valence-electron chi connectivity index (χ1n) is 6.17. The fourth-order valence-corrected chi connectivity index (χ4v) is 2.10. The number of hydrogen-bond donors (Lipinski definition) is 1. The van der Waals surface area contributed by atoms with E-state index in [9.17, 15) is 0 Å². The van der Waals surface area contributed by atoms with Crippen molar-refractivity contribution in [2.75, 3.05) is 6.54 Å². The molecular formula is C14H18BrN3. The monoisotopic (exact) mass is 307 g/mol. The van der Waals surface area contributed by atoms with E-state index in [2.05, 4.69) is 69.1 Å². The molecular weight excluding hydrogens is 290 g/mol. The Morgan fingerprint density at radius 2 is 2.00 bits per heavy atom. The summed E-state index contributed by atoms with van der Waals surface area (Å²) in [6, 6.07) is 8.37. The van der Waals surface area contributed by atoms with Gasteiger partial charge in [-0.2, -0.15) is 5.10 Å². The molecule has 1 heterocycles. The van der Waals surface area contributed by atoms with Crippen LogP contribution in [-0.4, -0.2) is 16.3 Å². The van der Waals surface area contributed by atoms with Gasteiger partial charge in [0.25, 0.3) is 0 Å². The number of hydrogen-bond acceptors (Lipinski definition) is 2. The summed E-state index contributed by atoms with van der Waals surface area (Å²) in [7, 11) is 0. The van der Waals surface area contributed by atoms with Gasteiger partial charge in [-0.25, -0.2) is 0 Å². The number of rotatable bonds is 5. The normalized spacial score (nSPS) is 10.8. The highest BCUT2D eigenvalue weighted by Gasteiger charge is 2.06. The molecule has 4 heteroatoms. The highest BCUT2D eigenvalue weighted by Crippen LogP contribution is 2.13. The minimum Gasteiger partial charge on any atom is -0.313 e. The van der Waals surface area contributed by atoms with Crippen LogP contribution in [0.5, 0.6) is 0 Å². The summed E-state index contributed by atoms with van der Waals surface area (Å²) in [5.74, 6) is 0. The molecule has 96 valence electrons. The van der Waals surface area contributed by atoms with Crippen LogP contribution in [0.25, 0.3) is 0 Å². The lowest BCUT2D eigenvalue weighted by Crippen LogP contribution is -2.12. The number of aromatic nitrogens is 2. The standard InChI is InChI=1S/C14H18BrN3/c1-3-16-8-13-9-17-18(11(13)2)10-12-4-6-14(15)7-5-12/h4-7,9,16H,3,8,10H2,1-2H3. The molecule has 18 heavy (non-hydrogen) atoms. The Bertz CT molecular complexity index is 502. The summed E-state index contributed by atoms with van der Waals surface area (Å²) in [6.45, 7) is 6.94. The second kappa shape index (κ2) is 6.16. The topological polar surface area (TPSA) is 29.9 Å². The van der Waals surface area contributed by atoms with Crippen molar-refractivity contribution in [2.24, 2.45) is 0 Å². The SMILES string of the molecule is CCNCc1cnn(Cc2ccc(Br)cc2)c1C. The van der Waals surface area contributed by atoms with E-state index in [-0.39, 0.29) is 0 Å². The second-order valence-electron chi connectivity index (χ2n) is 4.32. The summed E-state index contributed by atoms with van der Waals surface area (Å²) in [5, 5.41) is 7.78. The third-order valence-electron chi connectivity index (χ3n) is 3.02. The van der Waals surface area contributed by atoms with Crippen molar-refractivity contribution in [1.29, 1.82) is 0 Å². The molecule has 0 fully saturated rings. The van der Waals surface area contributed by atoms with Gasteiger partial charge in [0, 0.05) is 22.3 Å². The maximum absolute atomic E-state index is 4.45. The van der Waals surface area contributed by atoms with Crippen LogP contribution in [0.2, 0.25) is 0 Å². The van der Waals surface area contributed by atoms with Gasteiger partial charge in [-0.05, 0) is 31.2 Å². The molecule has 0 aliphatic heterocycles. The lowest BCUT2D eigenvalue weighted by Gasteiger charge is -2.06. The van der Waals surface area contributed by atoms with Crippen molar-refractivity contribution in [2.45, 2.75) is 26.9 Å².